The molecule has 0 saturated carbocycles. The molecule has 4 rings (SSSR count). The average molecular weight is 438 g/mol. The molecule has 0 spiro atoms. The van der Waals surface area contributed by atoms with Crippen molar-refractivity contribution >= 4 is 37.5 Å². The maximum atomic E-state index is 13.6. The van der Waals surface area contributed by atoms with Gasteiger partial charge in [-0.2, -0.15) is 0 Å². The lowest BCUT2D eigenvalue weighted by atomic mass is 10.1. The molecule has 3 aromatic carbocycles. The van der Waals surface area contributed by atoms with E-state index >= 15 is 0 Å². The lowest BCUT2D eigenvalue weighted by Gasteiger charge is -2.13. The molecule has 152 valence electrons. The van der Waals surface area contributed by atoms with Gasteiger partial charge in [-0.15, -0.1) is 0 Å². The normalized spacial score (nSPS) is 12.7. The Hall–Kier alpha value is -3.03. The van der Waals surface area contributed by atoms with Gasteiger partial charge in [0.05, 0.1) is 32.7 Å². The van der Waals surface area contributed by atoms with Crippen LogP contribution in [-0.4, -0.2) is 22.4 Å². The molecule has 1 heterocycles. The Morgan fingerprint density at radius 1 is 0.867 bits per heavy atom. The summed E-state index contributed by atoms with van der Waals surface area (Å²) in [6.07, 6.45) is 0. The SMILES string of the molecule is CC(=O)c1c(CS(=O)c2ccccc2)n(S(=O)(=O)c2ccccc2)c2ccccc12. The van der Waals surface area contributed by atoms with E-state index in [1.807, 2.05) is 6.07 Å². The number of benzene rings is 3. The van der Waals surface area contributed by atoms with Crippen molar-refractivity contribution in [1.29, 1.82) is 0 Å². The summed E-state index contributed by atoms with van der Waals surface area (Å²) in [6.45, 7) is 1.40. The molecule has 4 aromatic rings. The molecule has 1 aromatic heterocycles. The van der Waals surface area contributed by atoms with E-state index in [0.29, 0.717) is 15.8 Å². The van der Waals surface area contributed by atoms with Gasteiger partial charge < -0.3 is 0 Å². The van der Waals surface area contributed by atoms with Crippen molar-refractivity contribution in [3.63, 3.8) is 0 Å². The Morgan fingerprint density at radius 3 is 2.07 bits per heavy atom. The van der Waals surface area contributed by atoms with Crippen LogP contribution in [0.1, 0.15) is 23.0 Å². The molecule has 1 atom stereocenters. The van der Waals surface area contributed by atoms with E-state index in [1.54, 1.807) is 66.7 Å². The van der Waals surface area contributed by atoms with Crippen LogP contribution < -0.4 is 0 Å². The van der Waals surface area contributed by atoms with Crippen molar-refractivity contribution in [1.82, 2.24) is 3.97 Å². The molecule has 0 N–H and O–H groups in total. The number of rotatable bonds is 6. The number of hydrogen-bond acceptors (Lipinski definition) is 4. The standard InChI is InChI=1S/C23H19NO4S2/c1-17(25)23-20-14-8-9-15-21(20)24(30(27,28)19-12-6-3-7-13-19)22(23)16-29(26)18-10-4-2-5-11-18/h2-15H,16H2,1H3. The second kappa shape index (κ2) is 8.01. The summed E-state index contributed by atoms with van der Waals surface area (Å²) in [5.41, 5.74) is 0.913. The van der Waals surface area contributed by atoms with Crippen LogP contribution in [0.4, 0.5) is 0 Å². The minimum atomic E-state index is -4.01. The zero-order valence-electron chi connectivity index (χ0n) is 16.2. The van der Waals surface area contributed by atoms with Crippen molar-refractivity contribution in [2.75, 3.05) is 0 Å². The molecule has 0 aliphatic heterocycles. The summed E-state index contributed by atoms with van der Waals surface area (Å²) in [5, 5.41) is 0.532. The van der Waals surface area contributed by atoms with Gasteiger partial charge in [0, 0.05) is 15.8 Å². The number of carbonyl (C=O) groups excluding carboxylic acids is 1. The first-order valence-electron chi connectivity index (χ1n) is 9.28. The molecular formula is C23H19NO4S2. The number of carbonyl (C=O) groups is 1. The molecule has 0 radical (unpaired) electrons. The summed E-state index contributed by atoms with van der Waals surface area (Å²) >= 11 is 0. The molecule has 1 unspecified atom stereocenters. The zero-order chi connectivity index (χ0) is 21.3. The first-order chi connectivity index (χ1) is 14.4. The highest BCUT2D eigenvalue weighted by Crippen LogP contribution is 2.32. The van der Waals surface area contributed by atoms with Crippen LogP contribution in [0.15, 0.2) is 94.7 Å². The van der Waals surface area contributed by atoms with Gasteiger partial charge >= 0.3 is 0 Å². The fourth-order valence-corrected chi connectivity index (χ4v) is 6.35. The van der Waals surface area contributed by atoms with Gasteiger partial charge in [0.2, 0.25) is 0 Å². The van der Waals surface area contributed by atoms with Crippen molar-refractivity contribution in [3.8, 4) is 0 Å². The van der Waals surface area contributed by atoms with Gasteiger partial charge in [-0.05, 0) is 37.3 Å². The van der Waals surface area contributed by atoms with Crippen LogP contribution in [0.25, 0.3) is 10.9 Å². The van der Waals surface area contributed by atoms with Gasteiger partial charge in [-0.3, -0.25) is 9.00 Å². The second-order valence-corrected chi connectivity index (χ2v) is 10.0. The van der Waals surface area contributed by atoms with Gasteiger partial charge in [-0.1, -0.05) is 54.6 Å². The van der Waals surface area contributed by atoms with E-state index in [1.165, 1.54) is 23.0 Å². The van der Waals surface area contributed by atoms with Gasteiger partial charge in [0.15, 0.2) is 5.78 Å². The smallest absolute Gasteiger partial charge is 0.268 e. The Labute approximate surface area is 177 Å². The molecule has 0 amide bonds. The molecule has 0 bridgehead atoms. The molecule has 0 saturated heterocycles. The maximum Gasteiger partial charge on any atom is 0.268 e. The molecular weight excluding hydrogens is 418 g/mol. The van der Waals surface area contributed by atoms with E-state index in [9.17, 15) is 17.4 Å². The van der Waals surface area contributed by atoms with E-state index in [-0.39, 0.29) is 27.7 Å². The number of aromatic nitrogens is 1. The minimum Gasteiger partial charge on any atom is -0.294 e. The third-order valence-electron chi connectivity index (χ3n) is 4.83. The van der Waals surface area contributed by atoms with Crippen LogP contribution in [0.2, 0.25) is 0 Å². The third-order valence-corrected chi connectivity index (χ3v) is 7.93. The fraction of sp³-hybridized carbons (Fsp3) is 0.0870. The molecule has 5 nitrogen and oxygen atoms in total. The van der Waals surface area contributed by atoms with Crippen molar-refractivity contribution in [2.45, 2.75) is 22.5 Å². The van der Waals surface area contributed by atoms with E-state index in [2.05, 4.69) is 0 Å². The first kappa shape index (κ1) is 20.3. The Kier molecular flexibility index (Phi) is 5.40. The number of nitrogens with zero attached hydrogens (tertiary/aromatic N) is 1. The lowest BCUT2D eigenvalue weighted by molar-refractivity contribution is 0.101. The molecule has 30 heavy (non-hydrogen) atoms. The molecule has 0 aliphatic rings. The zero-order valence-corrected chi connectivity index (χ0v) is 17.8. The highest BCUT2D eigenvalue weighted by molar-refractivity contribution is 7.90. The van der Waals surface area contributed by atoms with Gasteiger partial charge in [0.1, 0.15) is 0 Å². The third kappa shape index (κ3) is 3.51. The molecule has 0 fully saturated rings. The number of hydrogen-bond donors (Lipinski definition) is 0. The Bertz CT molecular complexity index is 1360. The number of para-hydroxylation sites is 1. The second-order valence-electron chi connectivity index (χ2n) is 6.78. The first-order valence-corrected chi connectivity index (χ1v) is 12.0. The number of Topliss-reactive ketones (excluding diaryl/α,β-unsaturated/α-hetero) is 1. The van der Waals surface area contributed by atoms with Crippen LogP contribution in [0, 0.1) is 0 Å². The minimum absolute atomic E-state index is 0.0975. The van der Waals surface area contributed by atoms with Gasteiger partial charge in [-0.25, -0.2) is 12.4 Å². The predicted molar refractivity (Wildman–Crippen MR) is 118 cm³/mol. The van der Waals surface area contributed by atoms with Crippen LogP contribution in [0.5, 0.6) is 0 Å². The van der Waals surface area contributed by atoms with E-state index in [4.69, 9.17) is 0 Å². The Balaban J connectivity index is 2.01. The van der Waals surface area contributed by atoms with E-state index in [0.717, 1.165) is 0 Å². The lowest BCUT2D eigenvalue weighted by Crippen LogP contribution is -2.18. The fourth-order valence-electron chi connectivity index (χ4n) is 3.54. The van der Waals surface area contributed by atoms with Crippen molar-refractivity contribution in [2.24, 2.45) is 0 Å². The maximum absolute atomic E-state index is 13.6. The van der Waals surface area contributed by atoms with Crippen molar-refractivity contribution < 1.29 is 17.4 Å². The average Bonchev–Trinajstić information content (AvgIpc) is 3.09. The Morgan fingerprint density at radius 2 is 1.43 bits per heavy atom. The summed E-state index contributed by atoms with van der Waals surface area (Å²) in [5.74, 6) is -0.368. The summed E-state index contributed by atoms with van der Waals surface area (Å²) in [6, 6.07) is 23.7. The molecule has 0 aliphatic carbocycles. The van der Waals surface area contributed by atoms with Crippen molar-refractivity contribution in [3.05, 3.63) is 96.2 Å². The monoisotopic (exact) mass is 437 g/mol. The van der Waals surface area contributed by atoms with Gasteiger partial charge in [0.25, 0.3) is 10.0 Å². The molecule has 7 heteroatoms. The van der Waals surface area contributed by atoms with E-state index < -0.39 is 20.8 Å². The highest BCUT2D eigenvalue weighted by atomic mass is 32.2. The quantitative estimate of drug-likeness (QED) is 0.420. The number of ketones is 1. The summed E-state index contributed by atoms with van der Waals surface area (Å²) in [4.78, 5) is 13.2. The van der Waals surface area contributed by atoms with Crippen LogP contribution >= 0.6 is 0 Å². The summed E-state index contributed by atoms with van der Waals surface area (Å²) in [7, 11) is -5.53. The summed E-state index contributed by atoms with van der Waals surface area (Å²) < 4.78 is 41.4. The van der Waals surface area contributed by atoms with Crippen LogP contribution in [-0.2, 0) is 26.6 Å². The topological polar surface area (TPSA) is 73.2 Å². The number of fused-ring (bicyclic) bond motifs is 1. The highest BCUT2D eigenvalue weighted by Gasteiger charge is 2.29. The van der Waals surface area contributed by atoms with Crippen LogP contribution in [0.3, 0.4) is 0 Å². The largest absolute Gasteiger partial charge is 0.294 e. The predicted octanol–water partition coefficient (Wildman–Crippen LogP) is 4.39.